The van der Waals surface area contributed by atoms with Crippen LogP contribution in [0, 0.1) is 5.92 Å². The van der Waals surface area contributed by atoms with Crippen LogP contribution in [0.5, 0.6) is 0 Å². The fraction of sp³-hybridized carbons (Fsp3) is 0.438. The van der Waals surface area contributed by atoms with E-state index in [1.165, 1.54) is 0 Å². The first-order chi connectivity index (χ1) is 11.0. The van der Waals surface area contributed by atoms with Gasteiger partial charge in [0.1, 0.15) is 0 Å². The lowest BCUT2D eigenvalue weighted by molar-refractivity contribution is -0.141. The Morgan fingerprint density at radius 2 is 1.96 bits per heavy atom. The molecule has 6 nitrogen and oxygen atoms in total. The van der Waals surface area contributed by atoms with E-state index < -0.39 is 11.9 Å². The first kappa shape index (κ1) is 15.8. The van der Waals surface area contributed by atoms with E-state index in [9.17, 15) is 14.4 Å². The molecule has 7 heteroatoms. The maximum Gasteiger partial charge on any atom is 0.308 e. The Hall–Kier alpha value is -2.08. The summed E-state index contributed by atoms with van der Waals surface area (Å²) >= 11 is 6.06. The van der Waals surface area contributed by atoms with Gasteiger partial charge in [-0.15, -0.1) is 0 Å². The molecule has 1 aromatic rings. The first-order valence-electron chi connectivity index (χ1n) is 7.53. The van der Waals surface area contributed by atoms with Crippen LogP contribution < -0.4 is 0 Å². The minimum absolute atomic E-state index is 0.0459. The molecule has 2 fully saturated rings. The number of hydrogen-bond donors (Lipinski definition) is 1. The van der Waals surface area contributed by atoms with Crippen molar-refractivity contribution in [1.29, 1.82) is 0 Å². The van der Waals surface area contributed by atoms with Crippen LogP contribution in [0.3, 0.4) is 0 Å². The number of rotatable bonds is 3. The summed E-state index contributed by atoms with van der Waals surface area (Å²) in [4.78, 5) is 38.9. The van der Waals surface area contributed by atoms with Crippen molar-refractivity contribution in [2.45, 2.75) is 18.9 Å². The Labute approximate surface area is 138 Å². The van der Waals surface area contributed by atoms with Crippen molar-refractivity contribution in [1.82, 2.24) is 9.80 Å². The second-order valence-corrected chi connectivity index (χ2v) is 6.37. The molecule has 0 bridgehead atoms. The maximum atomic E-state index is 12.5. The molecule has 0 aromatic heterocycles. The number of carboxylic acid groups (broad SMARTS) is 1. The molecule has 2 unspecified atom stereocenters. The van der Waals surface area contributed by atoms with Gasteiger partial charge >= 0.3 is 5.97 Å². The SMILES string of the molecule is O=C(O)C1CC(=O)N(C2CCN(C(=O)c3ccccc3Cl)C2)C1. The summed E-state index contributed by atoms with van der Waals surface area (Å²) in [6.07, 6.45) is 0.707. The second-order valence-electron chi connectivity index (χ2n) is 5.96. The van der Waals surface area contributed by atoms with Gasteiger partial charge in [-0.2, -0.15) is 0 Å². The van der Waals surface area contributed by atoms with E-state index in [-0.39, 0.29) is 30.8 Å². The third-order valence-electron chi connectivity index (χ3n) is 4.50. The predicted molar refractivity (Wildman–Crippen MR) is 83.2 cm³/mol. The molecule has 122 valence electrons. The number of likely N-dealkylation sites (tertiary alicyclic amines) is 2. The summed E-state index contributed by atoms with van der Waals surface area (Å²) in [5.74, 6) is -1.88. The Kier molecular flexibility index (Phi) is 4.26. The van der Waals surface area contributed by atoms with Gasteiger partial charge in [0, 0.05) is 26.1 Å². The molecule has 0 aliphatic carbocycles. The van der Waals surface area contributed by atoms with Crippen molar-refractivity contribution in [2.24, 2.45) is 5.92 Å². The molecule has 1 N–H and O–H groups in total. The van der Waals surface area contributed by atoms with E-state index in [4.69, 9.17) is 16.7 Å². The third-order valence-corrected chi connectivity index (χ3v) is 4.83. The van der Waals surface area contributed by atoms with Crippen LogP contribution in [0.15, 0.2) is 24.3 Å². The van der Waals surface area contributed by atoms with Gasteiger partial charge in [0.25, 0.3) is 5.91 Å². The number of nitrogens with zero attached hydrogens (tertiary/aromatic N) is 2. The van der Waals surface area contributed by atoms with Crippen molar-refractivity contribution >= 4 is 29.4 Å². The van der Waals surface area contributed by atoms with Gasteiger partial charge in [0.05, 0.1) is 22.5 Å². The van der Waals surface area contributed by atoms with Crippen LogP contribution in [0.4, 0.5) is 0 Å². The number of halogens is 1. The van der Waals surface area contributed by atoms with Gasteiger partial charge in [0.15, 0.2) is 0 Å². The molecule has 2 saturated heterocycles. The lowest BCUT2D eigenvalue weighted by Gasteiger charge is -2.24. The summed E-state index contributed by atoms with van der Waals surface area (Å²) < 4.78 is 0. The lowest BCUT2D eigenvalue weighted by atomic mass is 10.1. The van der Waals surface area contributed by atoms with Crippen molar-refractivity contribution in [3.8, 4) is 0 Å². The van der Waals surface area contributed by atoms with E-state index >= 15 is 0 Å². The van der Waals surface area contributed by atoms with Gasteiger partial charge in [0.2, 0.25) is 5.91 Å². The van der Waals surface area contributed by atoms with Crippen LogP contribution in [0.25, 0.3) is 0 Å². The minimum Gasteiger partial charge on any atom is -0.481 e. The molecule has 0 saturated carbocycles. The van der Waals surface area contributed by atoms with Crippen LogP contribution in [-0.4, -0.2) is 58.4 Å². The highest BCUT2D eigenvalue weighted by molar-refractivity contribution is 6.33. The monoisotopic (exact) mass is 336 g/mol. The number of aliphatic carboxylic acids is 1. The van der Waals surface area contributed by atoms with Gasteiger partial charge in [-0.05, 0) is 18.6 Å². The van der Waals surface area contributed by atoms with E-state index in [2.05, 4.69) is 0 Å². The van der Waals surface area contributed by atoms with E-state index in [0.29, 0.717) is 30.1 Å². The van der Waals surface area contributed by atoms with Crippen LogP contribution >= 0.6 is 11.6 Å². The molecule has 2 aliphatic heterocycles. The van der Waals surface area contributed by atoms with E-state index in [1.807, 2.05) is 0 Å². The molecular weight excluding hydrogens is 320 g/mol. The number of carbonyl (C=O) groups excluding carboxylic acids is 2. The molecule has 2 heterocycles. The second kappa shape index (κ2) is 6.20. The van der Waals surface area contributed by atoms with Crippen LogP contribution in [-0.2, 0) is 9.59 Å². The van der Waals surface area contributed by atoms with E-state index in [1.54, 1.807) is 34.1 Å². The first-order valence-corrected chi connectivity index (χ1v) is 7.91. The molecule has 1 aromatic carbocycles. The Balaban J connectivity index is 1.67. The topological polar surface area (TPSA) is 77.9 Å². The van der Waals surface area contributed by atoms with Crippen LogP contribution in [0.2, 0.25) is 5.02 Å². The van der Waals surface area contributed by atoms with Gasteiger partial charge in [-0.3, -0.25) is 14.4 Å². The number of amides is 2. The third kappa shape index (κ3) is 3.03. The summed E-state index contributed by atoms with van der Waals surface area (Å²) in [6.45, 7) is 1.19. The molecule has 2 aliphatic rings. The fourth-order valence-corrected chi connectivity index (χ4v) is 3.45. The summed E-state index contributed by atoms with van der Waals surface area (Å²) in [5, 5.41) is 9.46. The average molecular weight is 337 g/mol. The Bertz CT molecular complexity index is 663. The molecule has 0 spiro atoms. The quantitative estimate of drug-likeness (QED) is 0.907. The summed E-state index contributed by atoms with van der Waals surface area (Å²) in [5.41, 5.74) is 0.450. The van der Waals surface area contributed by atoms with Gasteiger partial charge < -0.3 is 14.9 Å². The van der Waals surface area contributed by atoms with Crippen molar-refractivity contribution < 1.29 is 19.5 Å². The Morgan fingerprint density at radius 1 is 1.22 bits per heavy atom. The highest BCUT2D eigenvalue weighted by Gasteiger charge is 2.41. The van der Waals surface area contributed by atoms with Crippen molar-refractivity contribution in [2.75, 3.05) is 19.6 Å². The van der Waals surface area contributed by atoms with E-state index in [0.717, 1.165) is 0 Å². The normalized spacial score (nSPS) is 24.3. The number of carboxylic acids is 1. The maximum absolute atomic E-state index is 12.5. The highest BCUT2D eigenvalue weighted by Crippen LogP contribution is 2.27. The predicted octanol–water partition coefficient (Wildman–Crippen LogP) is 1.49. The molecular formula is C16H17ClN2O4. The summed E-state index contributed by atoms with van der Waals surface area (Å²) in [6, 6.07) is 6.76. The minimum atomic E-state index is -0.942. The largest absolute Gasteiger partial charge is 0.481 e. The molecule has 2 atom stereocenters. The summed E-state index contributed by atoms with van der Waals surface area (Å²) in [7, 11) is 0. The number of hydrogen-bond acceptors (Lipinski definition) is 3. The molecule has 2 amide bonds. The zero-order valence-corrected chi connectivity index (χ0v) is 13.2. The number of benzene rings is 1. The molecule has 0 radical (unpaired) electrons. The highest BCUT2D eigenvalue weighted by atomic mass is 35.5. The zero-order chi connectivity index (χ0) is 16.6. The molecule has 3 rings (SSSR count). The van der Waals surface area contributed by atoms with Crippen molar-refractivity contribution in [3.63, 3.8) is 0 Å². The van der Waals surface area contributed by atoms with Crippen molar-refractivity contribution in [3.05, 3.63) is 34.9 Å². The average Bonchev–Trinajstić information content (AvgIpc) is 3.13. The van der Waals surface area contributed by atoms with Gasteiger partial charge in [-0.25, -0.2) is 0 Å². The standard InChI is InChI=1S/C16H17ClN2O4/c17-13-4-2-1-3-12(13)15(21)18-6-5-11(9-18)19-8-10(16(22)23)7-14(19)20/h1-4,10-11H,5-9H2,(H,22,23). The molecule has 23 heavy (non-hydrogen) atoms. The Morgan fingerprint density at radius 3 is 2.61 bits per heavy atom. The lowest BCUT2D eigenvalue weighted by Crippen LogP contribution is -2.40. The van der Waals surface area contributed by atoms with Gasteiger partial charge in [-0.1, -0.05) is 23.7 Å². The van der Waals surface area contributed by atoms with Crippen LogP contribution in [0.1, 0.15) is 23.2 Å². The zero-order valence-electron chi connectivity index (χ0n) is 12.4. The number of carbonyl (C=O) groups is 3. The smallest absolute Gasteiger partial charge is 0.308 e. The fourth-order valence-electron chi connectivity index (χ4n) is 3.24.